The number of amides is 1. The number of carbonyl (C=O) groups is 1. The number of thioether (sulfide) groups is 1. The molecule has 0 fully saturated rings. The molecule has 0 radical (unpaired) electrons. The number of nitrogens with one attached hydrogen (secondary N) is 1. The third-order valence-corrected chi connectivity index (χ3v) is 7.50. The van der Waals surface area contributed by atoms with Crippen molar-refractivity contribution in [2.45, 2.75) is 64.6 Å². The molecule has 1 amide bonds. The second kappa shape index (κ2) is 8.94. The smallest absolute Gasteiger partial charge is 0.234 e. The highest BCUT2D eigenvalue weighted by Gasteiger charge is 2.23. The van der Waals surface area contributed by atoms with Crippen LogP contribution in [0.1, 0.15) is 54.3 Å². The first-order valence-electron chi connectivity index (χ1n) is 10.5. The fourth-order valence-electron chi connectivity index (χ4n) is 3.98. The Bertz CT molecular complexity index is 1070. The van der Waals surface area contributed by atoms with E-state index < -0.39 is 0 Å². The van der Waals surface area contributed by atoms with Crippen molar-refractivity contribution in [3.63, 3.8) is 0 Å². The fourth-order valence-corrected chi connectivity index (χ4v) is 5.97. The van der Waals surface area contributed by atoms with Gasteiger partial charge in [-0.05, 0) is 70.6 Å². The Morgan fingerprint density at radius 1 is 1.23 bits per heavy atom. The van der Waals surface area contributed by atoms with Gasteiger partial charge < -0.3 is 5.32 Å². The second-order valence-corrected chi connectivity index (χ2v) is 10.1. The molecule has 1 aliphatic rings. The van der Waals surface area contributed by atoms with Gasteiger partial charge in [0.05, 0.1) is 5.75 Å². The molecule has 3 aromatic rings. The third kappa shape index (κ3) is 4.32. The standard InChI is InChI=1S/C23H28N4OS2/c1-14(2)27-22(18-12-29-20-8-6-5-7-17(18)20)25-26-23(27)30-13-21(28)24-19-10-9-15(3)11-16(19)4/h9-12,14H,5-8,13H2,1-4H3,(H,24,28). The van der Waals surface area contributed by atoms with Crippen LogP contribution >= 0.6 is 23.1 Å². The Balaban J connectivity index is 1.51. The number of carbonyl (C=O) groups excluding carboxylic acids is 1. The summed E-state index contributed by atoms with van der Waals surface area (Å²) in [6.07, 6.45) is 4.82. The summed E-state index contributed by atoms with van der Waals surface area (Å²) in [4.78, 5) is 14.0. The van der Waals surface area contributed by atoms with Gasteiger partial charge in [0.2, 0.25) is 5.91 Å². The lowest BCUT2D eigenvalue weighted by molar-refractivity contribution is -0.113. The molecule has 0 aliphatic heterocycles. The highest BCUT2D eigenvalue weighted by molar-refractivity contribution is 7.99. The van der Waals surface area contributed by atoms with Crippen LogP contribution in [0.25, 0.3) is 11.4 Å². The van der Waals surface area contributed by atoms with Gasteiger partial charge in [0, 0.05) is 27.5 Å². The molecule has 1 aromatic carbocycles. The minimum atomic E-state index is -0.0280. The number of nitrogens with zero attached hydrogens (tertiary/aromatic N) is 3. The fraction of sp³-hybridized carbons (Fsp3) is 0.435. The maximum absolute atomic E-state index is 12.5. The van der Waals surface area contributed by atoms with Crippen LogP contribution in [-0.2, 0) is 17.6 Å². The molecule has 158 valence electrons. The number of aryl methyl sites for hydroxylation is 3. The van der Waals surface area contributed by atoms with E-state index in [1.165, 1.54) is 52.6 Å². The minimum Gasteiger partial charge on any atom is -0.325 e. The molecule has 7 heteroatoms. The first kappa shape index (κ1) is 21.1. The predicted octanol–water partition coefficient (Wildman–Crippen LogP) is 5.81. The lowest BCUT2D eigenvalue weighted by atomic mass is 9.95. The number of anilines is 1. The van der Waals surface area contributed by atoms with Crippen LogP contribution in [0.3, 0.4) is 0 Å². The van der Waals surface area contributed by atoms with Crippen LogP contribution in [0.5, 0.6) is 0 Å². The maximum atomic E-state index is 12.5. The lowest BCUT2D eigenvalue weighted by Crippen LogP contribution is -2.15. The summed E-state index contributed by atoms with van der Waals surface area (Å²) < 4.78 is 2.17. The predicted molar refractivity (Wildman–Crippen MR) is 126 cm³/mol. The topological polar surface area (TPSA) is 59.8 Å². The lowest BCUT2D eigenvalue weighted by Gasteiger charge is -2.16. The highest BCUT2D eigenvalue weighted by atomic mass is 32.2. The van der Waals surface area contributed by atoms with E-state index in [-0.39, 0.29) is 11.9 Å². The Hall–Kier alpha value is -2.12. The van der Waals surface area contributed by atoms with E-state index in [0.29, 0.717) is 5.75 Å². The number of aromatic nitrogens is 3. The Kier molecular flexibility index (Phi) is 6.29. The van der Waals surface area contributed by atoms with Crippen molar-refractivity contribution < 1.29 is 4.79 Å². The van der Waals surface area contributed by atoms with Crippen LogP contribution in [-0.4, -0.2) is 26.4 Å². The third-order valence-electron chi connectivity index (χ3n) is 5.47. The van der Waals surface area contributed by atoms with Crippen molar-refractivity contribution in [2.75, 3.05) is 11.1 Å². The van der Waals surface area contributed by atoms with Crippen LogP contribution in [0.15, 0.2) is 28.7 Å². The van der Waals surface area contributed by atoms with Gasteiger partial charge in [-0.2, -0.15) is 0 Å². The van der Waals surface area contributed by atoms with Crippen molar-refractivity contribution in [3.05, 3.63) is 45.1 Å². The molecule has 0 bridgehead atoms. The van der Waals surface area contributed by atoms with E-state index in [1.807, 2.05) is 30.4 Å². The first-order chi connectivity index (χ1) is 14.4. The van der Waals surface area contributed by atoms with Gasteiger partial charge in [0.25, 0.3) is 0 Å². The van der Waals surface area contributed by atoms with E-state index >= 15 is 0 Å². The SMILES string of the molecule is Cc1ccc(NC(=O)CSc2nnc(-c3csc4c3CCCC4)n2C(C)C)c(C)c1. The van der Waals surface area contributed by atoms with Crippen molar-refractivity contribution >= 4 is 34.7 Å². The summed E-state index contributed by atoms with van der Waals surface area (Å²) in [6.45, 7) is 8.35. The summed E-state index contributed by atoms with van der Waals surface area (Å²) >= 11 is 3.29. The number of rotatable bonds is 6. The summed E-state index contributed by atoms with van der Waals surface area (Å²) in [5, 5.41) is 15.0. The van der Waals surface area contributed by atoms with Gasteiger partial charge in [-0.15, -0.1) is 21.5 Å². The molecule has 4 rings (SSSR count). The number of benzene rings is 1. The van der Waals surface area contributed by atoms with E-state index in [2.05, 4.69) is 52.3 Å². The molecule has 0 spiro atoms. The van der Waals surface area contributed by atoms with E-state index in [1.54, 1.807) is 0 Å². The number of fused-ring (bicyclic) bond motifs is 1. The normalized spacial score (nSPS) is 13.5. The zero-order valence-electron chi connectivity index (χ0n) is 18.0. The Morgan fingerprint density at radius 3 is 2.80 bits per heavy atom. The molecule has 30 heavy (non-hydrogen) atoms. The second-order valence-electron chi connectivity index (χ2n) is 8.18. The molecule has 0 saturated carbocycles. The van der Waals surface area contributed by atoms with Crippen molar-refractivity contribution in [2.24, 2.45) is 0 Å². The summed E-state index contributed by atoms with van der Waals surface area (Å²) in [6, 6.07) is 6.27. The van der Waals surface area contributed by atoms with Crippen molar-refractivity contribution in [3.8, 4) is 11.4 Å². The summed E-state index contributed by atoms with van der Waals surface area (Å²) in [5.74, 6) is 1.21. The molecular formula is C23H28N4OS2. The average molecular weight is 441 g/mol. The van der Waals surface area contributed by atoms with E-state index in [0.717, 1.165) is 28.7 Å². The van der Waals surface area contributed by atoms with E-state index in [9.17, 15) is 4.79 Å². The van der Waals surface area contributed by atoms with Crippen LogP contribution < -0.4 is 5.32 Å². The van der Waals surface area contributed by atoms with Gasteiger partial charge in [0.1, 0.15) is 0 Å². The number of thiophene rings is 1. The summed E-state index contributed by atoms with van der Waals surface area (Å²) in [7, 11) is 0. The molecule has 0 saturated heterocycles. The van der Waals surface area contributed by atoms with Gasteiger partial charge >= 0.3 is 0 Å². The maximum Gasteiger partial charge on any atom is 0.234 e. The monoisotopic (exact) mass is 440 g/mol. The molecular weight excluding hydrogens is 412 g/mol. The molecule has 2 heterocycles. The number of hydrogen-bond acceptors (Lipinski definition) is 5. The highest BCUT2D eigenvalue weighted by Crippen LogP contribution is 2.37. The zero-order chi connectivity index (χ0) is 21.3. The minimum absolute atomic E-state index is 0.0280. The Morgan fingerprint density at radius 2 is 2.03 bits per heavy atom. The molecule has 2 aromatic heterocycles. The quantitative estimate of drug-likeness (QED) is 0.491. The van der Waals surface area contributed by atoms with Crippen molar-refractivity contribution in [1.29, 1.82) is 0 Å². The van der Waals surface area contributed by atoms with Gasteiger partial charge in [-0.3, -0.25) is 9.36 Å². The number of hydrogen-bond donors (Lipinski definition) is 1. The molecule has 0 unspecified atom stereocenters. The van der Waals surface area contributed by atoms with Crippen LogP contribution in [0, 0.1) is 13.8 Å². The van der Waals surface area contributed by atoms with E-state index in [4.69, 9.17) is 0 Å². The summed E-state index contributed by atoms with van der Waals surface area (Å²) in [5.41, 5.74) is 5.80. The molecule has 5 nitrogen and oxygen atoms in total. The van der Waals surface area contributed by atoms with Crippen LogP contribution in [0.4, 0.5) is 5.69 Å². The zero-order valence-corrected chi connectivity index (χ0v) is 19.6. The van der Waals surface area contributed by atoms with Gasteiger partial charge in [0.15, 0.2) is 11.0 Å². The molecule has 1 N–H and O–H groups in total. The van der Waals surface area contributed by atoms with Gasteiger partial charge in [-0.1, -0.05) is 29.5 Å². The largest absolute Gasteiger partial charge is 0.325 e. The molecule has 1 aliphatic carbocycles. The Labute approximate surface area is 186 Å². The first-order valence-corrected chi connectivity index (χ1v) is 12.3. The average Bonchev–Trinajstić information content (AvgIpc) is 3.32. The molecule has 0 atom stereocenters. The van der Waals surface area contributed by atoms with Gasteiger partial charge in [-0.25, -0.2) is 0 Å². The van der Waals surface area contributed by atoms with Crippen LogP contribution in [0.2, 0.25) is 0 Å². The van der Waals surface area contributed by atoms with Crippen molar-refractivity contribution in [1.82, 2.24) is 14.8 Å².